The van der Waals surface area contributed by atoms with Crippen molar-refractivity contribution in [3.63, 3.8) is 0 Å². The minimum absolute atomic E-state index is 0.000401. The van der Waals surface area contributed by atoms with E-state index in [2.05, 4.69) is 32.8 Å². The van der Waals surface area contributed by atoms with Gasteiger partial charge in [0.25, 0.3) is 0 Å². The maximum absolute atomic E-state index is 11.9. The van der Waals surface area contributed by atoms with Crippen LogP contribution in [0.25, 0.3) is 0 Å². The maximum atomic E-state index is 11.9. The van der Waals surface area contributed by atoms with Crippen LogP contribution in [0.5, 0.6) is 0 Å². The molecule has 0 aromatic carbocycles. The van der Waals surface area contributed by atoms with Crippen LogP contribution in [-0.2, 0) is 9.59 Å². The highest BCUT2D eigenvalue weighted by Gasteiger charge is 2.23. The van der Waals surface area contributed by atoms with Gasteiger partial charge >= 0.3 is 0 Å². The van der Waals surface area contributed by atoms with Gasteiger partial charge in [0.1, 0.15) is 6.54 Å². The summed E-state index contributed by atoms with van der Waals surface area (Å²) in [5.74, 6) is 0.863. The molecule has 8 nitrogen and oxygen atoms in total. The molecule has 2 aliphatic rings. The van der Waals surface area contributed by atoms with E-state index in [1.807, 2.05) is 0 Å². The Morgan fingerprint density at radius 1 is 1.04 bits per heavy atom. The molecule has 8 heteroatoms. The Morgan fingerprint density at radius 3 is 2.21 bits per heavy atom. The lowest BCUT2D eigenvalue weighted by Gasteiger charge is -2.33. The summed E-state index contributed by atoms with van der Waals surface area (Å²) in [5.41, 5.74) is 0. The van der Waals surface area contributed by atoms with Crippen LogP contribution in [0.2, 0.25) is 0 Å². The summed E-state index contributed by atoms with van der Waals surface area (Å²) in [6.45, 7) is 5.23. The number of guanidine groups is 1. The lowest BCUT2D eigenvalue weighted by Crippen LogP contribution is -2.51. The summed E-state index contributed by atoms with van der Waals surface area (Å²) in [6, 6.07) is 0.764. The smallest absolute Gasteiger partial charge is 0.243 e. The van der Waals surface area contributed by atoms with Crippen molar-refractivity contribution >= 4 is 17.8 Å². The highest BCUT2D eigenvalue weighted by Crippen LogP contribution is 2.17. The van der Waals surface area contributed by atoms with Gasteiger partial charge in [-0.2, -0.15) is 0 Å². The second kappa shape index (κ2) is 11.9. The number of hydrogen-bond donors (Lipinski definition) is 3. The summed E-state index contributed by atoms with van der Waals surface area (Å²) in [5, 5.41) is 9.98. The number of piperidine rings is 1. The van der Waals surface area contributed by atoms with Gasteiger partial charge in [0.05, 0.1) is 6.54 Å². The number of carbonyl (C=O) groups excluding carboxylic acids is 2. The molecule has 160 valence electrons. The van der Waals surface area contributed by atoms with Crippen molar-refractivity contribution in [1.29, 1.82) is 0 Å². The van der Waals surface area contributed by atoms with E-state index in [0.29, 0.717) is 18.6 Å². The number of likely N-dealkylation sites (tertiary alicyclic amines) is 1. The van der Waals surface area contributed by atoms with Crippen LogP contribution >= 0.6 is 0 Å². The van der Waals surface area contributed by atoms with Crippen molar-refractivity contribution in [2.45, 2.75) is 64.0 Å². The second-order valence-corrected chi connectivity index (χ2v) is 8.12. The molecule has 2 rings (SSSR count). The molecule has 2 amide bonds. The number of likely N-dealkylation sites (N-methyl/N-ethyl adjacent to an activating group) is 1. The predicted octanol–water partition coefficient (Wildman–Crippen LogP) is 0.543. The quantitative estimate of drug-likeness (QED) is 0.413. The Labute approximate surface area is 169 Å². The normalized spacial score (nSPS) is 19.5. The Kier molecular flexibility index (Phi) is 9.54. The van der Waals surface area contributed by atoms with E-state index < -0.39 is 0 Å². The van der Waals surface area contributed by atoms with E-state index in [1.165, 1.54) is 12.8 Å². The summed E-state index contributed by atoms with van der Waals surface area (Å²) >= 11 is 0. The summed E-state index contributed by atoms with van der Waals surface area (Å²) in [6.07, 6.45) is 7.72. The van der Waals surface area contributed by atoms with E-state index in [0.717, 1.165) is 57.7 Å². The molecule has 1 aliphatic heterocycles. The highest BCUT2D eigenvalue weighted by atomic mass is 16.2. The zero-order valence-electron chi connectivity index (χ0n) is 17.8. The van der Waals surface area contributed by atoms with Crippen molar-refractivity contribution in [1.82, 2.24) is 25.8 Å². The van der Waals surface area contributed by atoms with Crippen LogP contribution in [0.3, 0.4) is 0 Å². The van der Waals surface area contributed by atoms with Crippen molar-refractivity contribution < 1.29 is 9.59 Å². The molecular weight excluding hydrogens is 356 g/mol. The molecule has 1 saturated carbocycles. The molecule has 0 bridgehead atoms. The van der Waals surface area contributed by atoms with E-state index in [-0.39, 0.29) is 18.4 Å². The Hall–Kier alpha value is -1.83. The summed E-state index contributed by atoms with van der Waals surface area (Å²) in [4.78, 5) is 32.1. The van der Waals surface area contributed by atoms with E-state index in [4.69, 9.17) is 0 Å². The van der Waals surface area contributed by atoms with Gasteiger partial charge in [0, 0.05) is 45.8 Å². The molecule has 28 heavy (non-hydrogen) atoms. The molecule has 1 aliphatic carbocycles. The number of nitrogens with one attached hydrogen (secondary N) is 3. The predicted molar refractivity (Wildman–Crippen MR) is 112 cm³/mol. The average molecular weight is 395 g/mol. The number of carbonyl (C=O) groups is 2. The molecule has 0 spiro atoms. The third-order valence-corrected chi connectivity index (χ3v) is 5.44. The fraction of sp³-hybridized carbons (Fsp3) is 0.850. The lowest BCUT2D eigenvalue weighted by atomic mass is 10.1. The zero-order valence-corrected chi connectivity index (χ0v) is 17.8. The Bertz CT molecular complexity index is 523. The van der Waals surface area contributed by atoms with Crippen LogP contribution < -0.4 is 16.0 Å². The fourth-order valence-corrected chi connectivity index (χ4v) is 3.64. The molecule has 0 atom stereocenters. The molecule has 0 aromatic heterocycles. The minimum atomic E-state index is 0.000401. The van der Waals surface area contributed by atoms with E-state index in [1.54, 1.807) is 19.0 Å². The van der Waals surface area contributed by atoms with Gasteiger partial charge in [0.2, 0.25) is 11.8 Å². The average Bonchev–Trinajstić information content (AvgIpc) is 3.18. The standard InChI is InChI=1S/C20H38N6O2/c1-4-11-21-18(27)15-26-12-9-17(10-13-26)24-20(22-14-19(28)25(2)3)23-16-7-5-6-8-16/h16-17H,4-15H2,1-3H3,(H,21,27)(H2,22,23,24). The molecule has 0 unspecified atom stereocenters. The van der Waals surface area contributed by atoms with Gasteiger partial charge in [-0.3, -0.25) is 14.5 Å². The maximum Gasteiger partial charge on any atom is 0.243 e. The van der Waals surface area contributed by atoms with Gasteiger partial charge < -0.3 is 20.9 Å². The monoisotopic (exact) mass is 394 g/mol. The molecular formula is C20H38N6O2. The third-order valence-electron chi connectivity index (χ3n) is 5.44. The Balaban J connectivity index is 1.81. The molecule has 0 aromatic rings. The topological polar surface area (TPSA) is 89.1 Å². The molecule has 1 saturated heterocycles. The van der Waals surface area contributed by atoms with Crippen LogP contribution in [0.1, 0.15) is 51.9 Å². The SMILES string of the molecule is CCCNC(=O)CN1CCC(NC(=NCC(=O)N(C)C)NC2CCCC2)CC1. The molecule has 2 fully saturated rings. The van der Waals surface area contributed by atoms with E-state index >= 15 is 0 Å². The van der Waals surface area contributed by atoms with Gasteiger partial charge in [-0.1, -0.05) is 19.8 Å². The summed E-state index contributed by atoms with van der Waals surface area (Å²) in [7, 11) is 3.50. The van der Waals surface area contributed by atoms with Crippen LogP contribution in [0.4, 0.5) is 0 Å². The van der Waals surface area contributed by atoms with Gasteiger partial charge in [0.15, 0.2) is 5.96 Å². The van der Waals surface area contributed by atoms with Crippen molar-refractivity contribution in [2.24, 2.45) is 4.99 Å². The van der Waals surface area contributed by atoms with Crippen molar-refractivity contribution in [3.8, 4) is 0 Å². The Morgan fingerprint density at radius 2 is 1.64 bits per heavy atom. The summed E-state index contributed by atoms with van der Waals surface area (Å²) < 4.78 is 0. The number of nitrogens with zero attached hydrogens (tertiary/aromatic N) is 3. The number of rotatable bonds is 8. The first-order chi connectivity index (χ1) is 13.5. The number of amides is 2. The fourth-order valence-electron chi connectivity index (χ4n) is 3.64. The van der Waals surface area contributed by atoms with Crippen molar-refractivity contribution in [3.05, 3.63) is 0 Å². The number of aliphatic imine (C=N–C) groups is 1. The van der Waals surface area contributed by atoms with Gasteiger partial charge in [-0.05, 0) is 32.1 Å². The largest absolute Gasteiger partial charge is 0.355 e. The number of hydrogen-bond acceptors (Lipinski definition) is 4. The van der Waals surface area contributed by atoms with E-state index in [9.17, 15) is 9.59 Å². The highest BCUT2D eigenvalue weighted by molar-refractivity contribution is 5.85. The molecule has 0 radical (unpaired) electrons. The van der Waals surface area contributed by atoms with Crippen LogP contribution in [0.15, 0.2) is 4.99 Å². The van der Waals surface area contributed by atoms with Crippen LogP contribution in [0, 0.1) is 0 Å². The molecule has 1 heterocycles. The minimum Gasteiger partial charge on any atom is -0.355 e. The first-order valence-corrected chi connectivity index (χ1v) is 10.7. The first-order valence-electron chi connectivity index (χ1n) is 10.7. The molecule has 3 N–H and O–H groups in total. The van der Waals surface area contributed by atoms with Crippen molar-refractivity contribution in [2.75, 3.05) is 46.8 Å². The van der Waals surface area contributed by atoms with Gasteiger partial charge in [-0.25, -0.2) is 4.99 Å². The first kappa shape index (κ1) is 22.5. The van der Waals surface area contributed by atoms with Crippen LogP contribution in [-0.4, -0.2) is 86.5 Å². The second-order valence-electron chi connectivity index (χ2n) is 8.12. The zero-order chi connectivity index (χ0) is 20.4. The third kappa shape index (κ3) is 8.04. The van der Waals surface area contributed by atoms with Gasteiger partial charge in [-0.15, -0.1) is 0 Å². The lowest BCUT2D eigenvalue weighted by molar-refractivity contribution is -0.127.